The Morgan fingerprint density at radius 2 is 1.88 bits per heavy atom. The Morgan fingerprint density at radius 3 is 2.62 bits per heavy atom. The van der Waals surface area contributed by atoms with Gasteiger partial charge in [0.2, 0.25) is 5.13 Å². The van der Waals surface area contributed by atoms with Gasteiger partial charge in [0, 0.05) is 24.2 Å². The van der Waals surface area contributed by atoms with E-state index in [1.165, 1.54) is 28.2 Å². The third kappa shape index (κ3) is 4.26. The molecule has 0 aliphatic rings. The molecule has 5 rings (SSSR count). The minimum Gasteiger partial charge on any atom is -0.354 e. The van der Waals surface area contributed by atoms with Gasteiger partial charge in [-0.1, -0.05) is 46.8 Å². The first kappa shape index (κ1) is 21.4. The van der Waals surface area contributed by atoms with Crippen molar-refractivity contribution in [3.05, 3.63) is 97.0 Å². The molecule has 0 unspecified atom stereocenters. The van der Waals surface area contributed by atoms with Crippen LogP contribution in [0, 0.1) is 17.0 Å². The average molecular weight is 475 g/mol. The number of non-ortho nitro benzene ring substituents is 1. The first-order valence-corrected chi connectivity index (χ1v) is 11.0. The van der Waals surface area contributed by atoms with Gasteiger partial charge < -0.3 is 9.84 Å². The molecular formula is C22H17N7O4S. The Balaban J connectivity index is 1.46. The van der Waals surface area contributed by atoms with Gasteiger partial charge in [0.05, 0.1) is 17.2 Å². The van der Waals surface area contributed by atoms with Gasteiger partial charge in [-0.15, -0.1) is 10.2 Å². The van der Waals surface area contributed by atoms with Crippen molar-refractivity contribution in [1.82, 2.24) is 25.1 Å². The highest BCUT2D eigenvalue weighted by atomic mass is 32.1. The predicted octanol–water partition coefficient (Wildman–Crippen LogP) is 3.84. The molecule has 2 aromatic carbocycles. The van der Waals surface area contributed by atoms with Gasteiger partial charge in [-0.3, -0.25) is 14.9 Å². The van der Waals surface area contributed by atoms with Crippen molar-refractivity contribution in [2.24, 2.45) is 0 Å². The zero-order valence-electron chi connectivity index (χ0n) is 17.8. The predicted molar refractivity (Wildman–Crippen MR) is 125 cm³/mol. The number of rotatable bonds is 7. The molecule has 11 nitrogen and oxygen atoms in total. The zero-order valence-corrected chi connectivity index (χ0v) is 18.7. The van der Waals surface area contributed by atoms with E-state index in [1.54, 1.807) is 19.1 Å². The van der Waals surface area contributed by atoms with E-state index in [9.17, 15) is 14.9 Å². The van der Waals surface area contributed by atoms with Crippen LogP contribution in [0.25, 0.3) is 11.0 Å². The van der Waals surface area contributed by atoms with Gasteiger partial charge in [0.15, 0.2) is 5.58 Å². The molecule has 3 aromatic heterocycles. The Bertz CT molecular complexity index is 1540. The summed E-state index contributed by atoms with van der Waals surface area (Å²) >= 11 is 1.32. The van der Waals surface area contributed by atoms with Crippen molar-refractivity contribution in [3.8, 4) is 0 Å². The molecule has 3 heterocycles. The fraction of sp³-hybridized carbons (Fsp3) is 0.136. The van der Waals surface area contributed by atoms with Crippen LogP contribution in [0.2, 0.25) is 0 Å². The lowest BCUT2D eigenvalue weighted by atomic mass is 10.1. The molecule has 170 valence electrons. The van der Waals surface area contributed by atoms with Crippen molar-refractivity contribution in [2.75, 3.05) is 5.32 Å². The van der Waals surface area contributed by atoms with Crippen molar-refractivity contribution in [2.45, 2.75) is 19.9 Å². The quantitative estimate of drug-likeness (QED) is 0.274. The highest BCUT2D eigenvalue weighted by molar-refractivity contribution is 7.15. The zero-order chi connectivity index (χ0) is 23.7. The molecule has 1 N–H and O–H groups in total. The van der Waals surface area contributed by atoms with Crippen molar-refractivity contribution in [1.29, 1.82) is 0 Å². The largest absolute Gasteiger partial charge is 0.354 e. The maximum absolute atomic E-state index is 13.1. The lowest BCUT2D eigenvalue weighted by Crippen LogP contribution is -2.25. The van der Waals surface area contributed by atoms with Crippen molar-refractivity contribution >= 4 is 38.8 Å². The molecule has 0 amide bonds. The van der Waals surface area contributed by atoms with E-state index in [0.29, 0.717) is 38.9 Å². The van der Waals surface area contributed by atoms with E-state index >= 15 is 0 Å². The third-order valence-electron chi connectivity index (χ3n) is 5.11. The van der Waals surface area contributed by atoms with Crippen LogP contribution in [0.15, 0.2) is 63.9 Å². The first-order chi connectivity index (χ1) is 16.5. The summed E-state index contributed by atoms with van der Waals surface area (Å²) < 4.78 is 6.72. The number of nitrogens with one attached hydrogen (secondary N) is 1. The van der Waals surface area contributed by atoms with Crippen LogP contribution in [-0.2, 0) is 13.0 Å². The van der Waals surface area contributed by atoms with E-state index in [2.05, 4.69) is 25.8 Å². The molecule has 0 fully saturated rings. The summed E-state index contributed by atoms with van der Waals surface area (Å²) in [5.41, 5.74) is 2.59. The highest BCUT2D eigenvalue weighted by Gasteiger charge is 2.19. The second-order valence-electron chi connectivity index (χ2n) is 7.47. The Kier molecular flexibility index (Phi) is 5.55. The highest BCUT2D eigenvalue weighted by Crippen LogP contribution is 2.23. The van der Waals surface area contributed by atoms with Crippen LogP contribution in [0.1, 0.15) is 22.0 Å². The van der Waals surface area contributed by atoms with Crippen LogP contribution in [0.3, 0.4) is 0 Å². The molecule has 0 aliphatic heterocycles. The van der Waals surface area contributed by atoms with Crippen LogP contribution in [0.4, 0.5) is 16.5 Å². The van der Waals surface area contributed by atoms with Gasteiger partial charge in [-0.2, -0.15) is 5.10 Å². The van der Waals surface area contributed by atoms with Crippen LogP contribution >= 0.6 is 11.3 Å². The molecule has 0 saturated heterocycles. The smallest absolute Gasteiger partial charge is 0.280 e. The summed E-state index contributed by atoms with van der Waals surface area (Å²) in [6.07, 6.45) is 0.306. The topological polar surface area (TPSA) is 142 Å². The number of nitro groups is 1. The van der Waals surface area contributed by atoms with E-state index in [1.807, 2.05) is 30.3 Å². The Labute approximate surface area is 195 Å². The summed E-state index contributed by atoms with van der Waals surface area (Å²) in [5.74, 6) is 0. The number of fused-ring (bicyclic) bond motifs is 1. The molecule has 0 atom stereocenters. The third-order valence-corrected chi connectivity index (χ3v) is 5.93. The number of nitrogens with zero attached hydrogens (tertiary/aromatic N) is 6. The first-order valence-electron chi connectivity index (χ1n) is 10.2. The SMILES string of the molecule is Cc1noc2c(Cc3ccc([N+](=O)[O-])cc3)nn(Cc3nnc(Nc4ccccc4)s3)c(=O)c12. The molecule has 0 bridgehead atoms. The van der Waals surface area contributed by atoms with E-state index in [0.717, 1.165) is 11.3 Å². The summed E-state index contributed by atoms with van der Waals surface area (Å²) in [5, 5.41) is 32.4. The van der Waals surface area contributed by atoms with Gasteiger partial charge in [-0.25, -0.2) is 4.68 Å². The Morgan fingerprint density at radius 1 is 1.12 bits per heavy atom. The van der Waals surface area contributed by atoms with Gasteiger partial charge >= 0.3 is 0 Å². The van der Waals surface area contributed by atoms with Crippen molar-refractivity contribution < 1.29 is 9.45 Å². The summed E-state index contributed by atoms with van der Waals surface area (Å²) in [6.45, 7) is 1.82. The summed E-state index contributed by atoms with van der Waals surface area (Å²) in [6, 6.07) is 15.7. The normalized spacial score (nSPS) is 11.1. The molecule has 0 saturated carbocycles. The number of benzene rings is 2. The molecule has 5 aromatic rings. The van der Waals surface area contributed by atoms with Gasteiger partial charge in [-0.05, 0) is 24.6 Å². The maximum Gasteiger partial charge on any atom is 0.280 e. The average Bonchev–Trinajstić information content (AvgIpc) is 3.44. The van der Waals surface area contributed by atoms with Gasteiger partial charge in [0.1, 0.15) is 16.1 Å². The minimum absolute atomic E-state index is 0.00137. The number of nitro benzene ring substituents is 1. The second kappa shape index (κ2) is 8.83. The lowest BCUT2D eigenvalue weighted by molar-refractivity contribution is -0.384. The number of aromatic nitrogens is 5. The van der Waals surface area contributed by atoms with Gasteiger partial charge in [0.25, 0.3) is 11.2 Å². The molecular weight excluding hydrogens is 458 g/mol. The fourth-order valence-electron chi connectivity index (χ4n) is 3.48. The molecule has 34 heavy (non-hydrogen) atoms. The lowest BCUT2D eigenvalue weighted by Gasteiger charge is -2.07. The fourth-order valence-corrected chi connectivity index (χ4v) is 4.22. The number of para-hydroxylation sites is 1. The summed E-state index contributed by atoms with van der Waals surface area (Å²) in [7, 11) is 0. The minimum atomic E-state index is -0.455. The number of hydrogen-bond donors (Lipinski definition) is 1. The second-order valence-corrected chi connectivity index (χ2v) is 8.54. The molecule has 0 radical (unpaired) electrons. The number of hydrogen-bond acceptors (Lipinski definition) is 10. The van der Waals surface area contributed by atoms with Crippen LogP contribution < -0.4 is 10.9 Å². The van der Waals surface area contributed by atoms with E-state index < -0.39 is 4.92 Å². The molecule has 12 heteroatoms. The van der Waals surface area contributed by atoms with E-state index in [4.69, 9.17) is 4.52 Å². The standard InChI is InChI=1S/C22H17N7O4S/c1-13-19-20(33-27-13)17(11-14-7-9-16(10-8-14)29(31)32)26-28(21(19)30)12-18-24-25-22(34-18)23-15-5-3-2-4-6-15/h2-10H,11-12H2,1H3,(H,23,25). The molecule has 0 aliphatic carbocycles. The van der Waals surface area contributed by atoms with Crippen molar-refractivity contribution in [3.63, 3.8) is 0 Å². The molecule has 0 spiro atoms. The Hall–Kier alpha value is -4.45. The monoisotopic (exact) mass is 475 g/mol. The number of anilines is 2. The maximum atomic E-state index is 13.1. The summed E-state index contributed by atoms with van der Waals surface area (Å²) in [4.78, 5) is 23.6. The number of aryl methyl sites for hydroxylation is 1. The van der Waals surface area contributed by atoms with Crippen LogP contribution in [0.5, 0.6) is 0 Å². The van der Waals surface area contributed by atoms with E-state index in [-0.39, 0.29) is 17.8 Å². The van der Waals surface area contributed by atoms with Crippen LogP contribution in [-0.4, -0.2) is 30.1 Å².